The topological polar surface area (TPSA) is 27.6 Å². The number of unbranched alkanes of at least 4 members (excludes halogenated alkanes) is 1. The summed E-state index contributed by atoms with van der Waals surface area (Å²) in [7, 11) is 2.11. The molecule has 2 unspecified atom stereocenters. The van der Waals surface area contributed by atoms with Gasteiger partial charge in [-0.1, -0.05) is 13.0 Å². The summed E-state index contributed by atoms with van der Waals surface area (Å²) < 4.78 is 0. The van der Waals surface area contributed by atoms with Crippen molar-refractivity contribution in [3.63, 3.8) is 0 Å². The summed E-state index contributed by atoms with van der Waals surface area (Å²) in [4.78, 5) is 6.74. The van der Waals surface area contributed by atoms with Gasteiger partial charge in [-0.05, 0) is 32.1 Å². The number of guanidine groups is 1. The third-order valence-corrected chi connectivity index (χ3v) is 3.00. The quantitative estimate of drug-likeness (QED) is 0.324. The van der Waals surface area contributed by atoms with Gasteiger partial charge in [-0.3, -0.25) is 4.99 Å². The fraction of sp³-hybridized carbons (Fsp3) is 0.769. The molecule has 0 bridgehead atoms. The van der Waals surface area contributed by atoms with Crippen LogP contribution in [0.3, 0.4) is 0 Å². The minimum atomic E-state index is 0.646. The highest BCUT2D eigenvalue weighted by atomic mass is 15.3. The molecule has 0 radical (unpaired) electrons. The standard InChI is InChI=1S/C13H25N3/c1-5-7-8-9-16(4)13(14-6-2)15-12-10-11(12)3/h5,11-12H,1,6-10H2,2-4H3,(H,14,15). The van der Waals surface area contributed by atoms with Gasteiger partial charge in [0.2, 0.25) is 0 Å². The van der Waals surface area contributed by atoms with Crippen molar-refractivity contribution in [1.29, 1.82) is 0 Å². The van der Waals surface area contributed by atoms with Crippen molar-refractivity contribution in [1.82, 2.24) is 10.2 Å². The largest absolute Gasteiger partial charge is 0.353 e. The molecule has 0 amide bonds. The second kappa shape index (κ2) is 6.56. The van der Waals surface area contributed by atoms with Crippen molar-refractivity contribution in [2.75, 3.05) is 20.1 Å². The van der Waals surface area contributed by atoms with Crippen molar-refractivity contribution in [3.8, 4) is 0 Å². The molecular formula is C13H25N3. The number of nitrogens with one attached hydrogen (secondary N) is 1. The van der Waals surface area contributed by atoms with Gasteiger partial charge in [-0.15, -0.1) is 6.58 Å². The molecule has 1 fully saturated rings. The highest BCUT2D eigenvalue weighted by Gasteiger charge is 2.33. The van der Waals surface area contributed by atoms with Crippen LogP contribution in [-0.2, 0) is 0 Å². The summed E-state index contributed by atoms with van der Waals surface area (Å²) in [6.07, 6.45) is 5.47. The lowest BCUT2D eigenvalue weighted by atomic mass is 10.3. The van der Waals surface area contributed by atoms with E-state index in [1.807, 2.05) is 6.08 Å². The maximum Gasteiger partial charge on any atom is 0.193 e. The molecule has 0 aromatic rings. The summed E-state index contributed by atoms with van der Waals surface area (Å²) >= 11 is 0. The van der Waals surface area contributed by atoms with Crippen molar-refractivity contribution in [2.45, 2.75) is 39.2 Å². The van der Waals surface area contributed by atoms with Gasteiger partial charge in [-0.25, -0.2) is 0 Å². The maximum absolute atomic E-state index is 4.52. The first-order chi connectivity index (χ1) is 7.69. The lowest BCUT2D eigenvalue weighted by Crippen LogP contribution is -2.41. The Morgan fingerprint density at radius 1 is 1.62 bits per heavy atom. The van der Waals surface area contributed by atoms with Crippen LogP contribution >= 0.6 is 0 Å². The SMILES string of the molecule is C=CCCCN(C)C(=NCC)NC1CC1C. The van der Waals surface area contributed by atoms with Crippen LogP contribution < -0.4 is 5.32 Å². The van der Waals surface area contributed by atoms with Crippen molar-refractivity contribution < 1.29 is 0 Å². The van der Waals surface area contributed by atoms with E-state index in [-0.39, 0.29) is 0 Å². The van der Waals surface area contributed by atoms with E-state index in [0.717, 1.165) is 37.8 Å². The van der Waals surface area contributed by atoms with E-state index in [1.54, 1.807) is 0 Å². The lowest BCUT2D eigenvalue weighted by molar-refractivity contribution is 0.466. The zero-order valence-corrected chi connectivity index (χ0v) is 10.9. The Bertz CT molecular complexity index is 248. The second-order valence-electron chi connectivity index (χ2n) is 4.61. The Morgan fingerprint density at radius 3 is 2.81 bits per heavy atom. The molecule has 1 rings (SSSR count). The van der Waals surface area contributed by atoms with Crippen LogP contribution in [0.2, 0.25) is 0 Å². The van der Waals surface area contributed by atoms with Gasteiger partial charge in [-0.2, -0.15) is 0 Å². The number of allylic oxidation sites excluding steroid dienone is 1. The van der Waals surface area contributed by atoms with E-state index in [9.17, 15) is 0 Å². The van der Waals surface area contributed by atoms with Crippen LogP contribution in [0.4, 0.5) is 0 Å². The Kier molecular flexibility index (Phi) is 5.36. The van der Waals surface area contributed by atoms with Crippen LogP contribution in [0.15, 0.2) is 17.6 Å². The Labute approximate surface area is 99.6 Å². The molecular weight excluding hydrogens is 198 g/mol. The number of aliphatic imine (C=N–C) groups is 1. The molecule has 1 N–H and O–H groups in total. The minimum Gasteiger partial charge on any atom is -0.353 e. The van der Waals surface area contributed by atoms with Crippen LogP contribution in [0.1, 0.15) is 33.1 Å². The zero-order valence-electron chi connectivity index (χ0n) is 10.9. The van der Waals surface area contributed by atoms with E-state index >= 15 is 0 Å². The van der Waals surface area contributed by atoms with Gasteiger partial charge in [0.1, 0.15) is 0 Å². The molecule has 92 valence electrons. The second-order valence-corrected chi connectivity index (χ2v) is 4.61. The highest BCUT2D eigenvalue weighted by molar-refractivity contribution is 5.80. The van der Waals surface area contributed by atoms with Crippen LogP contribution in [-0.4, -0.2) is 37.0 Å². The summed E-state index contributed by atoms with van der Waals surface area (Å²) in [5, 5.41) is 3.52. The molecule has 1 aliphatic rings. The van der Waals surface area contributed by atoms with Crippen molar-refractivity contribution >= 4 is 5.96 Å². The molecule has 0 heterocycles. The van der Waals surface area contributed by atoms with Crippen LogP contribution in [0.5, 0.6) is 0 Å². The number of rotatable bonds is 6. The van der Waals surface area contributed by atoms with E-state index in [4.69, 9.17) is 0 Å². The molecule has 0 aromatic heterocycles. The van der Waals surface area contributed by atoms with Gasteiger partial charge < -0.3 is 10.2 Å². The molecule has 3 heteroatoms. The van der Waals surface area contributed by atoms with E-state index in [0.29, 0.717) is 6.04 Å². The average molecular weight is 223 g/mol. The van der Waals surface area contributed by atoms with Gasteiger partial charge in [0.25, 0.3) is 0 Å². The summed E-state index contributed by atoms with van der Waals surface area (Å²) in [6, 6.07) is 0.646. The Hall–Kier alpha value is -0.990. The lowest BCUT2D eigenvalue weighted by Gasteiger charge is -2.22. The number of nitrogens with zero attached hydrogens (tertiary/aromatic N) is 2. The first-order valence-electron chi connectivity index (χ1n) is 6.32. The van der Waals surface area contributed by atoms with Crippen LogP contribution in [0.25, 0.3) is 0 Å². The zero-order chi connectivity index (χ0) is 12.0. The molecule has 1 saturated carbocycles. The van der Waals surface area contributed by atoms with E-state index in [1.165, 1.54) is 6.42 Å². The first-order valence-corrected chi connectivity index (χ1v) is 6.32. The van der Waals surface area contributed by atoms with Gasteiger partial charge >= 0.3 is 0 Å². The predicted octanol–water partition coefficient (Wildman–Crippen LogP) is 2.26. The summed E-state index contributed by atoms with van der Waals surface area (Å²) in [5.74, 6) is 1.87. The molecule has 0 aliphatic heterocycles. The summed E-state index contributed by atoms with van der Waals surface area (Å²) in [6.45, 7) is 9.98. The predicted molar refractivity (Wildman–Crippen MR) is 70.7 cm³/mol. The Morgan fingerprint density at radius 2 is 2.31 bits per heavy atom. The highest BCUT2D eigenvalue weighted by Crippen LogP contribution is 2.29. The molecule has 16 heavy (non-hydrogen) atoms. The fourth-order valence-electron chi connectivity index (χ4n) is 1.69. The molecule has 2 atom stereocenters. The normalized spacial score (nSPS) is 24.1. The van der Waals surface area contributed by atoms with Gasteiger partial charge in [0.15, 0.2) is 5.96 Å². The van der Waals surface area contributed by atoms with Crippen molar-refractivity contribution in [3.05, 3.63) is 12.7 Å². The monoisotopic (exact) mass is 223 g/mol. The molecule has 0 aromatic carbocycles. The average Bonchev–Trinajstić information content (AvgIpc) is 2.94. The molecule has 1 aliphatic carbocycles. The first kappa shape index (κ1) is 13.1. The van der Waals surface area contributed by atoms with Gasteiger partial charge in [0, 0.05) is 26.2 Å². The van der Waals surface area contributed by atoms with Gasteiger partial charge in [0.05, 0.1) is 0 Å². The molecule has 3 nitrogen and oxygen atoms in total. The van der Waals surface area contributed by atoms with E-state index in [2.05, 4.69) is 42.7 Å². The minimum absolute atomic E-state index is 0.646. The number of hydrogen-bond donors (Lipinski definition) is 1. The molecule has 0 spiro atoms. The smallest absolute Gasteiger partial charge is 0.193 e. The maximum atomic E-state index is 4.52. The van der Waals surface area contributed by atoms with Crippen LogP contribution in [0, 0.1) is 5.92 Å². The fourth-order valence-corrected chi connectivity index (χ4v) is 1.69. The third kappa shape index (κ3) is 4.25. The van der Waals surface area contributed by atoms with E-state index < -0.39 is 0 Å². The number of hydrogen-bond acceptors (Lipinski definition) is 1. The Balaban J connectivity index is 2.36. The third-order valence-electron chi connectivity index (χ3n) is 3.00. The molecule has 0 saturated heterocycles. The van der Waals surface area contributed by atoms with Crippen molar-refractivity contribution in [2.24, 2.45) is 10.9 Å². The summed E-state index contributed by atoms with van der Waals surface area (Å²) in [5.41, 5.74) is 0.